The number of carbonyl (C=O) groups is 1. The Bertz CT molecular complexity index is 775. The summed E-state index contributed by atoms with van der Waals surface area (Å²) in [5.41, 5.74) is -0.501. The van der Waals surface area contributed by atoms with Crippen molar-refractivity contribution in [1.82, 2.24) is 0 Å². The van der Waals surface area contributed by atoms with Crippen LogP contribution in [-0.4, -0.2) is 12.6 Å². The van der Waals surface area contributed by atoms with Crippen molar-refractivity contribution in [3.8, 4) is 17.6 Å². The van der Waals surface area contributed by atoms with Crippen LogP contribution in [0.25, 0.3) is 0 Å². The predicted octanol–water partition coefficient (Wildman–Crippen LogP) is 5.01. The van der Waals surface area contributed by atoms with Gasteiger partial charge in [-0.25, -0.2) is 13.6 Å². The first-order chi connectivity index (χ1) is 12.5. The van der Waals surface area contributed by atoms with Crippen LogP contribution in [0, 0.1) is 23.0 Å². The van der Waals surface area contributed by atoms with E-state index in [0.29, 0.717) is 12.4 Å². The molecule has 0 N–H and O–H groups in total. The second-order valence-electron chi connectivity index (χ2n) is 5.70. The zero-order valence-electron chi connectivity index (χ0n) is 14.4. The highest BCUT2D eigenvalue weighted by Gasteiger charge is 2.15. The number of benzene rings is 2. The van der Waals surface area contributed by atoms with E-state index in [2.05, 4.69) is 6.92 Å². The smallest absolute Gasteiger partial charge is 0.343 e. The summed E-state index contributed by atoms with van der Waals surface area (Å²) >= 11 is 0. The van der Waals surface area contributed by atoms with Crippen molar-refractivity contribution in [2.45, 2.75) is 32.6 Å². The number of halogens is 2. The molecule has 0 radical (unpaired) electrons. The third-order valence-electron chi connectivity index (χ3n) is 3.69. The maximum absolute atomic E-state index is 13.5. The molecule has 0 aliphatic carbocycles. The van der Waals surface area contributed by atoms with E-state index in [1.54, 1.807) is 12.1 Å². The molecule has 4 nitrogen and oxygen atoms in total. The van der Waals surface area contributed by atoms with Crippen LogP contribution in [-0.2, 0) is 0 Å². The van der Waals surface area contributed by atoms with Crippen LogP contribution in [0.5, 0.6) is 11.5 Å². The molecule has 0 bridgehead atoms. The van der Waals surface area contributed by atoms with Crippen LogP contribution in [0.4, 0.5) is 8.78 Å². The lowest BCUT2D eigenvalue weighted by Crippen LogP contribution is -2.09. The summed E-state index contributed by atoms with van der Waals surface area (Å²) < 4.78 is 37.6. The van der Waals surface area contributed by atoms with Crippen molar-refractivity contribution in [3.63, 3.8) is 0 Å². The summed E-state index contributed by atoms with van der Waals surface area (Å²) in [6, 6.07) is 9.30. The van der Waals surface area contributed by atoms with E-state index in [9.17, 15) is 13.6 Å². The Balaban J connectivity index is 1.95. The van der Waals surface area contributed by atoms with E-state index in [-0.39, 0.29) is 11.3 Å². The van der Waals surface area contributed by atoms with Crippen molar-refractivity contribution >= 4 is 5.97 Å². The summed E-state index contributed by atoms with van der Waals surface area (Å²) in [6.45, 7) is 2.74. The van der Waals surface area contributed by atoms with E-state index >= 15 is 0 Å². The maximum Gasteiger partial charge on any atom is 0.343 e. The van der Waals surface area contributed by atoms with E-state index < -0.39 is 23.2 Å². The average Bonchev–Trinajstić information content (AvgIpc) is 2.62. The van der Waals surface area contributed by atoms with E-state index in [4.69, 9.17) is 14.7 Å². The van der Waals surface area contributed by atoms with Crippen molar-refractivity contribution in [1.29, 1.82) is 5.26 Å². The molecule has 136 valence electrons. The second-order valence-corrected chi connectivity index (χ2v) is 5.70. The fourth-order valence-electron chi connectivity index (χ4n) is 2.29. The van der Waals surface area contributed by atoms with Crippen molar-refractivity contribution in [2.75, 3.05) is 6.61 Å². The highest BCUT2D eigenvalue weighted by Crippen LogP contribution is 2.21. The molecule has 0 saturated heterocycles. The average molecular weight is 359 g/mol. The van der Waals surface area contributed by atoms with Crippen molar-refractivity contribution in [3.05, 3.63) is 59.2 Å². The number of rotatable bonds is 8. The molecule has 2 rings (SSSR count). The first-order valence-electron chi connectivity index (χ1n) is 8.39. The molecule has 2 aromatic carbocycles. The van der Waals surface area contributed by atoms with Gasteiger partial charge in [0.2, 0.25) is 0 Å². The molecule has 6 heteroatoms. The second kappa shape index (κ2) is 9.52. The van der Waals surface area contributed by atoms with Gasteiger partial charge < -0.3 is 9.47 Å². The Kier molecular flexibility index (Phi) is 7.10. The molecule has 0 saturated carbocycles. The lowest BCUT2D eigenvalue weighted by molar-refractivity contribution is 0.0734. The summed E-state index contributed by atoms with van der Waals surface area (Å²) in [7, 11) is 0. The molecule has 0 heterocycles. The van der Waals surface area contributed by atoms with Gasteiger partial charge in [0.15, 0.2) is 0 Å². The third-order valence-corrected chi connectivity index (χ3v) is 3.69. The van der Waals surface area contributed by atoms with Gasteiger partial charge in [-0.2, -0.15) is 5.26 Å². The van der Waals surface area contributed by atoms with Crippen LogP contribution in [0.15, 0.2) is 36.4 Å². The topological polar surface area (TPSA) is 59.3 Å². The summed E-state index contributed by atoms with van der Waals surface area (Å²) in [5.74, 6) is -2.60. The molecule has 26 heavy (non-hydrogen) atoms. The summed E-state index contributed by atoms with van der Waals surface area (Å²) in [6.07, 6.45) is 4.40. The van der Waals surface area contributed by atoms with Crippen molar-refractivity contribution in [2.24, 2.45) is 0 Å². The van der Waals surface area contributed by atoms with Gasteiger partial charge in [0.25, 0.3) is 0 Å². The SMILES string of the molecule is CCCCCCOc1ccc(C(=O)Oc2cc(F)c(C#N)c(F)c2)cc1. The number of nitriles is 1. The fraction of sp³-hybridized carbons (Fsp3) is 0.300. The standard InChI is InChI=1S/C20H19F2NO3/c1-2-3-4-5-10-25-15-8-6-14(7-9-15)20(24)26-16-11-18(21)17(13-23)19(22)12-16/h6-9,11-12H,2-5,10H2,1H3. The van der Waals surface area contributed by atoms with Gasteiger partial charge in [0.05, 0.1) is 12.2 Å². The Morgan fingerprint density at radius 3 is 2.27 bits per heavy atom. The van der Waals surface area contributed by atoms with Crippen LogP contribution in [0.2, 0.25) is 0 Å². The lowest BCUT2D eigenvalue weighted by atomic mass is 10.2. The van der Waals surface area contributed by atoms with E-state index in [0.717, 1.165) is 31.4 Å². The molecule has 0 aromatic heterocycles. The lowest BCUT2D eigenvalue weighted by Gasteiger charge is -2.08. The third kappa shape index (κ3) is 5.28. The number of esters is 1. The number of ether oxygens (including phenoxy) is 2. The molecule has 2 aromatic rings. The number of carbonyl (C=O) groups excluding carboxylic acids is 1. The van der Waals surface area contributed by atoms with Gasteiger partial charge in [0.1, 0.15) is 34.8 Å². The number of hydrogen-bond acceptors (Lipinski definition) is 4. The van der Waals surface area contributed by atoms with Gasteiger partial charge in [-0.3, -0.25) is 0 Å². The summed E-state index contributed by atoms with van der Waals surface area (Å²) in [4.78, 5) is 12.1. The Morgan fingerprint density at radius 1 is 1.04 bits per heavy atom. The van der Waals surface area contributed by atoms with Gasteiger partial charge >= 0.3 is 5.97 Å². The molecule has 0 spiro atoms. The van der Waals surface area contributed by atoms with E-state index in [1.165, 1.54) is 24.6 Å². The van der Waals surface area contributed by atoms with Crippen molar-refractivity contribution < 1.29 is 23.0 Å². The molecule has 0 aliphatic rings. The molecule has 0 aliphatic heterocycles. The van der Waals surface area contributed by atoms with Gasteiger partial charge in [0, 0.05) is 12.1 Å². The number of unbranched alkanes of at least 4 members (excludes halogenated alkanes) is 3. The Hall–Kier alpha value is -2.94. The van der Waals surface area contributed by atoms with Gasteiger partial charge in [-0.15, -0.1) is 0 Å². The number of hydrogen-bond donors (Lipinski definition) is 0. The monoisotopic (exact) mass is 359 g/mol. The Labute approximate surface area is 151 Å². The summed E-state index contributed by atoms with van der Waals surface area (Å²) in [5, 5.41) is 8.63. The highest BCUT2D eigenvalue weighted by atomic mass is 19.1. The van der Waals surface area contributed by atoms with Crippen LogP contribution in [0.1, 0.15) is 48.5 Å². The zero-order valence-corrected chi connectivity index (χ0v) is 14.4. The minimum Gasteiger partial charge on any atom is -0.494 e. The number of nitrogens with zero attached hydrogens (tertiary/aromatic N) is 1. The highest BCUT2D eigenvalue weighted by molar-refractivity contribution is 5.91. The predicted molar refractivity (Wildman–Crippen MR) is 92.1 cm³/mol. The first kappa shape index (κ1) is 19.4. The zero-order chi connectivity index (χ0) is 18.9. The minimum atomic E-state index is -1.08. The maximum atomic E-state index is 13.5. The largest absolute Gasteiger partial charge is 0.494 e. The quantitative estimate of drug-likeness (QED) is 0.377. The minimum absolute atomic E-state index is 0.216. The van der Waals surface area contributed by atoms with Crippen LogP contribution in [0.3, 0.4) is 0 Å². The molecule has 0 fully saturated rings. The molecule has 0 atom stereocenters. The molecular formula is C20H19F2NO3. The van der Waals surface area contributed by atoms with Gasteiger partial charge in [-0.05, 0) is 30.7 Å². The fourth-order valence-corrected chi connectivity index (χ4v) is 2.29. The Morgan fingerprint density at radius 2 is 1.69 bits per heavy atom. The van der Waals surface area contributed by atoms with Gasteiger partial charge in [-0.1, -0.05) is 26.2 Å². The normalized spacial score (nSPS) is 10.2. The molecule has 0 unspecified atom stereocenters. The van der Waals surface area contributed by atoms with E-state index in [1.807, 2.05) is 0 Å². The van der Waals surface area contributed by atoms with Crippen LogP contribution < -0.4 is 9.47 Å². The molecule has 0 amide bonds. The van der Waals surface area contributed by atoms with Crippen LogP contribution >= 0.6 is 0 Å². The molecular weight excluding hydrogens is 340 g/mol. The first-order valence-corrected chi connectivity index (χ1v) is 8.39.